The standard InChI is InChI=1S/C12H13N/c1-2-6-12(13)10-9-11-7-4-3-5-8-11/h2-5,7-10,13H,1,6H2. The molecule has 0 atom stereocenters. The third-order valence-corrected chi connectivity index (χ3v) is 1.64. The summed E-state index contributed by atoms with van der Waals surface area (Å²) in [7, 11) is 0. The van der Waals surface area contributed by atoms with Crippen molar-refractivity contribution >= 4 is 11.8 Å². The molecule has 0 saturated carbocycles. The van der Waals surface area contributed by atoms with E-state index in [-0.39, 0.29) is 0 Å². The molecule has 1 nitrogen and oxygen atoms in total. The van der Waals surface area contributed by atoms with Gasteiger partial charge in [-0.2, -0.15) is 0 Å². The lowest BCUT2D eigenvalue weighted by molar-refractivity contribution is 1.39. The highest BCUT2D eigenvalue weighted by Crippen LogP contribution is 2.01. The fraction of sp³-hybridized carbons (Fsp3) is 0.0833. The second-order valence-corrected chi connectivity index (χ2v) is 2.76. The van der Waals surface area contributed by atoms with Crippen molar-refractivity contribution in [1.82, 2.24) is 0 Å². The first-order chi connectivity index (χ1) is 6.33. The lowest BCUT2D eigenvalue weighted by Crippen LogP contribution is -1.86. The SMILES string of the molecule is C=CCC(=N)C=Cc1ccccc1. The molecule has 0 aromatic heterocycles. The highest BCUT2D eigenvalue weighted by molar-refractivity contribution is 5.96. The zero-order chi connectivity index (χ0) is 9.52. The summed E-state index contributed by atoms with van der Waals surface area (Å²) in [5.74, 6) is 0. The van der Waals surface area contributed by atoms with Gasteiger partial charge in [0.05, 0.1) is 0 Å². The van der Waals surface area contributed by atoms with E-state index in [2.05, 4.69) is 6.58 Å². The minimum Gasteiger partial charge on any atom is -0.305 e. The maximum atomic E-state index is 7.48. The number of rotatable bonds is 4. The predicted molar refractivity (Wildman–Crippen MR) is 58.0 cm³/mol. The van der Waals surface area contributed by atoms with Gasteiger partial charge in [0.2, 0.25) is 0 Å². The van der Waals surface area contributed by atoms with Crippen LogP contribution in [-0.4, -0.2) is 5.71 Å². The highest BCUT2D eigenvalue weighted by atomic mass is 14.4. The van der Waals surface area contributed by atoms with Gasteiger partial charge in [0, 0.05) is 12.1 Å². The van der Waals surface area contributed by atoms with Gasteiger partial charge in [0.25, 0.3) is 0 Å². The van der Waals surface area contributed by atoms with Crippen LogP contribution in [0.1, 0.15) is 12.0 Å². The molecule has 0 saturated heterocycles. The van der Waals surface area contributed by atoms with Crippen molar-refractivity contribution in [2.45, 2.75) is 6.42 Å². The van der Waals surface area contributed by atoms with Gasteiger partial charge in [0.15, 0.2) is 0 Å². The summed E-state index contributed by atoms with van der Waals surface area (Å²) in [4.78, 5) is 0. The third kappa shape index (κ3) is 3.52. The van der Waals surface area contributed by atoms with Crippen LogP contribution in [0, 0.1) is 5.41 Å². The average Bonchev–Trinajstić information content (AvgIpc) is 2.17. The number of hydrogen-bond acceptors (Lipinski definition) is 1. The Balaban J connectivity index is 2.58. The summed E-state index contributed by atoms with van der Waals surface area (Å²) in [5.41, 5.74) is 1.70. The van der Waals surface area contributed by atoms with E-state index in [1.54, 1.807) is 12.2 Å². The first-order valence-corrected chi connectivity index (χ1v) is 4.24. The zero-order valence-corrected chi connectivity index (χ0v) is 7.53. The molecular formula is C12H13N. The smallest absolute Gasteiger partial charge is 0.0351 e. The molecule has 13 heavy (non-hydrogen) atoms. The molecule has 0 bridgehead atoms. The molecule has 0 aliphatic heterocycles. The quantitative estimate of drug-likeness (QED) is 0.531. The summed E-state index contributed by atoms with van der Waals surface area (Å²) >= 11 is 0. The predicted octanol–water partition coefficient (Wildman–Crippen LogP) is 3.30. The fourth-order valence-electron chi connectivity index (χ4n) is 0.985. The van der Waals surface area contributed by atoms with Crippen molar-refractivity contribution < 1.29 is 0 Å². The number of allylic oxidation sites excluding steroid dienone is 2. The van der Waals surface area contributed by atoms with E-state index in [0.717, 1.165) is 5.56 Å². The molecule has 1 aromatic rings. The molecule has 0 unspecified atom stereocenters. The van der Waals surface area contributed by atoms with E-state index in [4.69, 9.17) is 5.41 Å². The molecule has 66 valence electrons. The fourth-order valence-corrected chi connectivity index (χ4v) is 0.985. The second-order valence-electron chi connectivity index (χ2n) is 2.76. The van der Waals surface area contributed by atoms with Crippen LogP contribution in [0.4, 0.5) is 0 Å². The molecule has 1 N–H and O–H groups in total. The van der Waals surface area contributed by atoms with Gasteiger partial charge < -0.3 is 5.41 Å². The van der Waals surface area contributed by atoms with Crippen LogP contribution in [0.3, 0.4) is 0 Å². The Bertz CT molecular complexity index is 309. The lowest BCUT2D eigenvalue weighted by Gasteiger charge is -1.92. The Kier molecular flexibility index (Phi) is 3.71. The summed E-state index contributed by atoms with van der Waals surface area (Å²) in [5, 5.41) is 7.48. The minimum atomic E-state index is 0.582. The first kappa shape index (κ1) is 9.46. The zero-order valence-electron chi connectivity index (χ0n) is 7.53. The molecule has 0 fully saturated rings. The van der Waals surface area contributed by atoms with Crippen LogP contribution in [0.5, 0.6) is 0 Å². The second kappa shape index (κ2) is 5.09. The van der Waals surface area contributed by atoms with Crippen molar-refractivity contribution in [2.24, 2.45) is 0 Å². The van der Waals surface area contributed by atoms with Gasteiger partial charge in [0.1, 0.15) is 0 Å². The van der Waals surface area contributed by atoms with E-state index in [1.807, 2.05) is 36.4 Å². The van der Waals surface area contributed by atoms with Crippen LogP contribution in [0.15, 0.2) is 49.1 Å². The molecule has 0 aliphatic carbocycles. The molecule has 1 rings (SSSR count). The maximum Gasteiger partial charge on any atom is 0.0351 e. The van der Waals surface area contributed by atoms with Crippen LogP contribution in [-0.2, 0) is 0 Å². The summed E-state index contributed by atoms with van der Waals surface area (Å²) in [6.07, 6.45) is 6.10. The normalized spacial score (nSPS) is 10.2. The molecule has 1 heteroatoms. The van der Waals surface area contributed by atoms with Crippen LogP contribution >= 0.6 is 0 Å². The van der Waals surface area contributed by atoms with E-state index in [9.17, 15) is 0 Å². The van der Waals surface area contributed by atoms with E-state index < -0.39 is 0 Å². The van der Waals surface area contributed by atoms with Crippen LogP contribution < -0.4 is 0 Å². The summed E-state index contributed by atoms with van der Waals surface area (Å²) in [6.45, 7) is 3.58. The summed E-state index contributed by atoms with van der Waals surface area (Å²) < 4.78 is 0. The van der Waals surface area contributed by atoms with Crippen LogP contribution in [0.2, 0.25) is 0 Å². The molecule has 0 aliphatic rings. The monoisotopic (exact) mass is 171 g/mol. The van der Waals surface area contributed by atoms with Gasteiger partial charge in [-0.15, -0.1) is 6.58 Å². The molecule has 1 aromatic carbocycles. The van der Waals surface area contributed by atoms with Crippen molar-refractivity contribution in [3.63, 3.8) is 0 Å². The summed E-state index contributed by atoms with van der Waals surface area (Å²) in [6, 6.07) is 9.97. The maximum absolute atomic E-state index is 7.48. The largest absolute Gasteiger partial charge is 0.305 e. The van der Waals surface area contributed by atoms with Gasteiger partial charge in [-0.05, 0) is 11.6 Å². The molecule has 0 heterocycles. The minimum absolute atomic E-state index is 0.582. The Morgan fingerprint density at radius 1 is 1.31 bits per heavy atom. The van der Waals surface area contributed by atoms with Gasteiger partial charge in [-0.3, -0.25) is 0 Å². The van der Waals surface area contributed by atoms with E-state index in [0.29, 0.717) is 12.1 Å². The number of benzene rings is 1. The van der Waals surface area contributed by atoms with Crippen molar-refractivity contribution in [1.29, 1.82) is 5.41 Å². The van der Waals surface area contributed by atoms with E-state index >= 15 is 0 Å². The lowest BCUT2D eigenvalue weighted by atomic mass is 10.2. The van der Waals surface area contributed by atoms with Crippen molar-refractivity contribution in [3.8, 4) is 0 Å². The highest BCUT2D eigenvalue weighted by Gasteiger charge is 1.86. The first-order valence-electron chi connectivity index (χ1n) is 4.24. The van der Waals surface area contributed by atoms with Crippen molar-refractivity contribution in [2.75, 3.05) is 0 Å². The molecule has 0 radical (unpaired) electrons. The molecular weight excluding hydrogens is 158 g/mol. The van der Waals surface area contributed by atoms with Gasteiger partial charge in [-0.1, -0.05) is 42.5 Å². The number of hydrogen-bond donors (Lipinski definition) is 1. The Morgan fingerprint density at radius 3 is 2.62 bits per heavy atom. The van der Waals surface area contributed by atoms with Crippen molar-refractivity contribution in [3.05, 3.63) is 54.6 Å². The Hall–Kier alpha value is -1.63. The Labute approximate surface area is 78.9 Å². The molecule has 0 amide bonds. The van der Waals surface area contributed by atoms with Crippen LogP contribution in [0.25, 0.3) is 6.08 Å². The third-order valence-electron chi connectivity index (χ3n) is 1.64. The molecule has 0 spiro atoms. The van der Waals surface area contributed by atoms with Gasteiger partial charge in [-0.25, -0.2) is 0 Å². The average molecular weight is 171 g/mol. The van der Waals surface area contributed by atoms with E-state index in [1.165, 1.54) is 0 Å². The Morgan fingerprint density at radius 2 is 2.00 bits per heavy atom. The number of nitrogens with one attached hydrogen (secondary N) is 1. The topological polar surface area (TPSA) is 23.9 Å². The van der Waals surface area contributed by atoms with Gasteiger partial charge >= 0.3 is 0 Å².